The summed E-state index contributed by atoms with van der Waals surface area (Å²) in [6, 6.07) is 13.6. The summed E-state index contributed by atoms with van der Waals surface area (Å²) < 4.78 is 69.5. The fraction of sp³-hybridized carbons (Fsp3) is 0.393. The molecule has 1 fully saturated rings. The Hall–Kier alpha value is -3.51. The summed E-state index contributed by atoms with van der Waals surface area (Å²) in [6.07, 6.45) is -1.54. The number of aromatic nitrogens is 4. The molecule has 1 saturated heterocycles. The van der Waals surface area contributed by atoms with E-state index in [-0.39, 0.29) is 18.0 Å². The number of sulfonamides is 1. The van der Waals surface area contributed by atoms with Crippen LogP contribution in [0.5, 0.6) is 0 Å². The maximum atomic E-state index is 13.4. The van der Waals surface area contributed by atoms with E-state index in [2.05, 4.69) is 6.92 Å². The average Bonchev–Trinajstić information content (AvgIpc) is 3.10. The molecular formula is C28H31F3N6O2S. The van der Waals surface area contributed by atoms with Crippen LogP contribution in [0.1, 0.15) is 43.3 Å². The van der Waals surface area contributed by atoms with Gasteiger partial charge in [0.15, 0.2) is 5.65 Å². The van der Waals surface area contributed by atoms with E-state index in [1.807, 2.05) is 46.8 Å². The molecule has 2 aromatic carbocycles. The number of benzene rings is 2. The number of aryl methyl sites for hydroxylation is 2. The van der Waals surface area contributed by atoms with Crippen LogP contribution < -0.4 is 4.90 Å². The molecule has 0 amide bonds. The molecular weight excluding hydrogens is 541 g/mol. The average molecular weight is 573 g/mol. The first-order valence-electron chi connectivity index (χ1n) is 13.3. The van der Waals surface area contributed by atoms with Crippen LogP contribution in [-0.4, -0.2) is 58.7 Å². The predicted molar refractivity (Wildman–Crippen MR) is 147 cm³/mol. The van der Waals surface area contributed by atoms with Crippen LogP contribution >= 0.6 is 0 Å². The number of nitrogens with zero attached hydrogens (tertiary/aromatic N) is 6. The second-order valence-electron chi connectivity index (χ2n) is 9.87. The van der Waals surface area contributed by atoms with Gasteiger partial charge >= 0.3 is 6.18 Å². The van der Waals surface area contributed by atoms with E-state index >= 15 is 0 Å². The number of anilines is 1. The number of unbranched alkanes of at least 4 members (excludes halogenated alkanes) is 1. The molecule has 5 rings (SSSR count). The van der Waals surface area contributed by atoms with Crippen LogP contribution in [0.25, 0.3) is 16.7 Å². The minimum absolute atomic E-state index is 0.111. The number of alkyl halides is 3. The van der Waals surface area contributed by atoms with Gasteiger partial charge in [0.1, 0.15) is 11.6 Å². The molecule has 8 nitrogen and oxygen atoms in total. The Morgan fingerprint density at radius 1 is 0.950 bits per heavy atom. The molecule has 0 saturated carbocycles. The Morgan fingerprint density at radius 3 is 2.45 bits per heavy atom. The molecule has 2 aromatic heterocycles. The maximum absolute atomic E-state index is 13.4. The molecule has 0 unspecified atom stereocenters. The molecule has 0 spiro atoms. The molecule has 0 radical (unpaired) electrons. The lowest BCUT2D eigenvalue weighted by atomic mass is 10.2. The monoisotopic (exact) mass is 572 g/mol. The second kappa shape index (κ2) is 11.2. The van der Waals surface area contributed by atoms with Gasteiger partial charge in [-0.1, -0.05) is 37.6 Å². The normalized spacial score (nSPS) is 15.5. The van der Waals surface area contributed by atoms with Crippen molar-refractivity contribution in [2.45, 2.75) is 50.6 Å². The highest BCUT2D eigenvalue weighted by Gasteiger charge is 2.34. The summed E-state index contributed by atoms with van der Waals surface area (Å²) in [7, 11) is -4.12. The Kier molecular flexibility index (Phi) is 7.83. The van der Waals surface area contributed by atoms with Crippen LogP contribution in [0.3, 0.4) is 0 Å². The fourth-order valence-electron chi connectivity index (χ4n) is 4.96. The minimum Gasteiger partial charge on any atom is -0.355 e. The Bertz CT molecular complexity index is 1610. The summed E-state index contributed by atoms with van der Waals surface area (Å²) in [5, 5.41) is 5.58. The third kappa shape index (κ3) is 5.55. The fourth-order valence-corrected chi connectivity index (χ4v) is 6.47. The van der Waals surface area contributed by atoms with Crippen LogP contribution in [-0.2, 0) is 22.6 Å². The molecule has 4 aromatic rings. The number of hydrogen-bond donors (Lipinski definition) is 0. The summed E-state index contributed by atoms with van der Waals surface area (Å²) >= 11 is 0. The summed E-state index contributed by atoms with van der Waals surface area (Å²) in [6.45, 7) is 5.17. The van der Waals surface area contributed by atoms with Crippen molar-refractivity contribution in [2.24, 2.45) is 0 Å². The zero-order chi connectivity index (χ0) is 28.5. The molecule has 0 atom stereocenters. The van der Waals surface area contributed by atoms with Gasteiger partial charge in [0.25, 0.3) is 0 Å². The minimum atomic E-state index is -4.63. The number of halogens is 3. The largest absolute Gasteiger partial charge is 0.416 e. The molecule has 0 aliphatic carbocycles. The predicted octanol–water partition coefficient (Wildman–Crippen LogP) is 5.39. The van der Waals surface area contributed by atoms with Crippen LogP contribution in [0.4, 0.5) is 19.0 Å². The van der Waals surface area contributed by atoms with Gasteiger partial charge in [-0.25, -0.2) is 23.1 Å². The van der Waals surface area contributed by atoms with Crippen molar-refractivity contribution in [2.75, 3.05) is 31.1 Å². The van der Waals surface area contributed by atoms with Crippen molar-refractivity contribution in [3.63, 3.8) is 0 Å². The van der Waals surface area contributed by atoms with Gasteiger partial charge in [-0.3, -0.25) is 0 Å². The molecule has 212 valence electrons. The first kappa shape index (κ1) is 28.0. The maximum Gasteiger partial charge on any atom is 0.416 e. The number of para-hydroxylation sites is 1. The number of hydrogen-bond acceptors (Lipinski definition) is 6. The van der Waals surface area contributed by atoms with Crippen molar-refractivity contribution >= 4 is 26.9 Å². The molecule has 1 aliphatic rings. The van der Waals surface area contributed by atoms with E-state index in [0.717, 1.165) is 41.7 Å². The van der Waals surface area contributed by atoms with Crippen molar-refractivity contribution in [1.29, 1.82) is 0 Å². The molecule has 0 N–H and O–H groups in total. The SMILES string of the molecule is CCCCc1nc(N2CCCN(S(=O)(=O)c3cccc(C(F)(F)F)c3)CC2)c2c(C)nn(-c3ccccc3)c2n1. The van der Waals surface area contributed by atoms with E-state index in [1.165, 1.54) is 10.4 Å². The third-order valence-corrected chi connectivity index (χ3v) is 8.93. The van der Waals surface area contributed by atoms with Crippen LogP contribution in [0.15, 0.2) is 59.5 Å². The van der Waals surface area contributed by atoms with Crippen molar-refractivity contribution in [3.8, 4) is 5.69 Å². The summed E-state index contributed by atoms with van der Waals surface area (Å²) in [5.41, 5.74) is 1.34. The first-order chi connectivity index (χ1) is 19.1. The highest BCUT2D eigenvalue weighted by molar-refractivity contribution is 7.89. The van der Waals surface area contributed by atoms with E-state index < -0.39 is 21.8 Å². The van der Waals surface area contributed by atoms with Gasteiger partial charge in [-0.15, -0.1) is 0 Å². The zero-order valence-electron chi connectivity index (χ0n) is 22.4. The lowest BCUT2D eigenvalue weighted by Crippen LogP contribution is -2.35. The summed E-state index contributed by atoms with van der Waals surface area (Å²) in [5.74, 6) is 1.40. The Morgan fingerprint density at radius 2 is 1.73 bits per heavy atom. The highest BCUT2D eigenvalue weighted by atomic mass is 32.2. The van der Waals surface area contributed by atoms with Gasteiger partial charge in [-0.2, -0.15) is 22.6 Å². The van der Waals surface area contributed by atoms with Gasteiger partial charge in [-0.05, 0) is 50.1 Å². The third-order valence-electron chi connectivity index (χ3n) is 7.04. The standard InChI is InChI=1S/C28H31F3N6O2S/c1-3-4-14-24-32-26(25-20(2)34-37(27(25)33-24)22-11-6-5-7-12-22)35-15-9-16-36(18-17-35)40(38,39)23-13-8-10-21(19-23)28(29,30)31/h5-8,10-13,19H,3-4,9,14-18H2,1-2H3. The van der Waals surface area contributed by atoms with Gasteiger partial charge < -0.3 is 4.90 Å². The van der Waals surface area contributed by atoms with Gasteiger partial charge in [0.05, 0.1) is 27.2 Å². The van der Waals surface area contributed by atoms with Crippen LogP contribution in [0.2, 0.25) is 0 Å². The Labute approximate surface area is 231 Å². The number of fused-ring (bicyclic) bond motifs is 1. The van der Waals surface area contributed by atoms with Gasteiger partial charge in [0.2, 0.25) is 10.0 Å². The van der Waals surface area contributed by atoms with Crippen molar-refractivity contribution in [1.82, 2.24) is 24.1 Å². The lowest BCUT2D eigenvalue weighted by molar-refractivity contribution is -0.137. The molecule has 3 heterocycles. The van der Waals surface area contributed by atoms with E-state index in [4.69, 9.17) is 15.1 Å². The molecule has 1 aliphatic heterocycles. The van der Waals surface area contributed by atoms with E-state index in [9.17, 15) is 21.6 Å². The molecule has 0 bridgehead atoms. The molecule has 12 heteroatoms. The highest BCUT2D eigenvalue weighted by Crippen LogP contribution is 2.33. The molecule has 40 heavy (non-hydrogen) atoms. The van der Waals surface area contributed by atoms with Crippen LogP contribution in [0, 0.1) is 6.92 Å². The Balaban J connectivity index is 1.49. The second-order valence-corrected chi connectivity index (χ2v) is 11.8. The van der Waals surface area contributed by atoms with E-state index in [1.54, 1.807) is 0 Å². The smallest absolute Gasteiger partial charge is 0.355 e. The number of rotatable bonds is 7. The van der Waals surface area contributed by atoms with Gasteiger partial charge in [0, 0.05) is 32.6 Å². The topological polar surface area (TPSA) is 84.2 Å². The quantitative estimate of drug-likeness (QED) is 0.296. The van der Waals surface area contributed by atoms with E-state index in [0.29, 0.717) is 49.3 Å². The first-order valence-corrected chi connectivity index (χ1v) is 14.8. The lowest BCUT2D eigenvalue weighted by Gasteiger charge is -2.24. The summed E-state index contributed by atoms with van der Waals surface area (Å²) in [4.78, 5) is 11.5. The van der Waals surface area contributed by atoms with Crippen molar-refractivity contribution < 1.29 is 21.6 Å². The zero-order valence-corrected chi connectivity index (χ0v) is 23.2. The van der Waals surface area contributed by atoms with Crippen molar-refractivity contribution in [3.05, 3.63) is 71.7 Å².